The van der Waals surface area contributed by atoms with Crippen molar-refractivity contribution in [3.05, 3.63) is 46.7 Å². The second kappa shape index (κ2) is 6.08. The highest BCUT2D eigenvalue weighted by atomic mass is 35.5. The van der Waals surface area contributed by atoms with Gasteiger partial charge in [0.1, 0.15) is 5.75 Å². The van der Waals surface area contributed by atoms with Crippen molar-refractivity contribution in [2.24, 2.45) is 7.05 Å². The van der Waals surface area contributed by atoms with E-state index in [-0.39, 0.29) is 6.04 Å². The maximum Gasteiger partial charge on any atom is 0.123 e. The molecule has 4 nitrogen and oxygen atoms in total. The molecule has 0 saturated heterocycles. The fourth-order valence-electron chi connectivity index (χ4n) is 2.13. The molecule has 1 heterocycles. The lowest BCUT2D eigenvalue weighted by atomic mass is 10.0. The Kier molecular flexibility index (Phi) is 4.45. The van der Waals surface area contributed by atoms with Crippen molar-refractivity contribution in [2.75, 3.05) is 14.2 Å². The Morgan fingerprint density at radius 3 is 2.79 bits per heavy atom. The van der Waals surface area contributed by atoms with Crippen LogP contribution in [0.5, 0.6) is 5.75 Å². The first-order valence-electron chi connectivity index (χ1n) is 6.13. The molecular formula is C14H18ClN3O. The number of nitrogens with zero attached hydrogens (tertiary/aromatic N) is 2. The molecule has 0 spiro atoms. The summed E-state index contributed by atoms with van der Waals surface area (Å²) < 4.78 is 7.20. The Bertz CT molecular complexity index is 553. The molecule has 1 aromatic carbocycles. The van der Waals surface area contributed by atoms with Crippen LogP contribution >= 0.6 is 11.6 Å². The molecule has 0 aliphatic carbocycles. The predicted octanol–water partition coefficient (Wildman–Crippen LogP) is 2.59. The molecule has 0 aliphatic heterocycles. The van der Waals surface area contributed by atoms with E-state index in [2.05, 4.69) is 10.4 Å². The first-order valence-corrected chi connectivity index (χ1v) is 6.51. The van der Waals surface area contributed by atoms with Crippen molar-refractivity contribution in [1.82, 2.24) is 15.1 Å². The molecule has 0 fully saturated rings. The van der Waals surface area contributed by atoms with Gasteiger partial charge in [0.2, 0.25) is 0 Å². The van der Waals surface area contributed by atoms with Gasteiger partial charge in [0.25, 0.3) is 0 Å². The number of nitrogens with one attached hydrogen (secondary N) is 1. The number of benzene rings is 1. The molecule has 2 aromatic rings. The molecule has 2 rings (SSSR count). The Morgan fingerprint density at radius 2 is 2.21 bits per heavy atom. The van der Waals surface area contributed by atoms with Gasteiger partial charge >= 0.3 is 0 Å². The molecule has 1 atom stereocenters. The van der Waals surface area contributed by atoms with Crippen LogP contribution in [0.25, 0.3) is 0 Å². The maximum atomic E-state index is 6.08. The molecule has 0 saturated carbocycles. The summed E-state index contributed by atoms with van der Waals surface area (Å²) in [6.07, 6.45) is 2.73. The number of likely N-dealkylation sites (N-methyl/N-ethyl adjacent to an activating group) is 1. The number of aromatic nitrogens is 2. The van der Waals surface area contributed by atoms with Gasteiger partial charge in [-0.2, -0.15) is 5.10 Å². The Labute approximate surface area is 118 Å². The van der Waals surface area contributed by atoms with E-state index in [1.165, 1.54) is 0 Å². The molecule has 1 unspecified atom stereocenters. The molecular weight excluding hydrogens is 262 g/mol. The summed E-state index contributed by atoms with van der Waals surface area (Å²) >= 11 is 6.08. The zero-order valence-corrected chi connectivity index (χ0v) is 12.1. The minimum atomic E-state index is 0.114. The van der Waals surface area contributed by atoms with Gasteiger partial charge in [0.05, 0.1) is 12.8 Å². The Morgan fingerprint density at radius 1 is 1.42 bits per heavy atom. The van der Waals surface area contributed by atoms with Crippen molar-refractivity contribution in [3.63, 3.8) is 0 Å². The summed E-state index contributed by atoms with van der Waals surface area (Å²) in [5, 5.41) is 8.40. The molecule has 1 N–H and O–H groups in total. The third kappa shape index (κ3) is 3.28. The number of halogens is 1. The van der Waals surface area contributed by atoms with Crippen molar-refractivity contribution < 1.29 is 4.74 Å². The fraction of sp³-hybridized carbons (Fsp3) is 0.357. The number of ether oxygens (including phenoxy) is 1. The Hall–Kier alpha value is -1.52. The van der Waals surface area contributed by atoms with Crippen molar-refractivity contribution in [2.45, 2.75) is 12.5 Å². The van der Waals surface area contributed by atoms with Crippen LogP contribution in [0, 0.1) is 0 Å². The standard InChI is InChI=1S/C14H18ClN3O/c1-16-13(9-11-6-7-18(2)17-11)12-8-10(15)4-5-14(12)19-3/h4-8,13,16H,9H2,1-3H3. The molecule has 0 bridgehead atoms. The van der Waals surface area contributed by atoms with Crippen molar-refractivity contribution >= 4 is 11.6 Å². The van der Waals surface area contributed by atoms with E-state index in [1.54, 1.807) is 11.8 Å². The molecule has 102 valence electrons. The van der Waals surface area contributed by atoms with Crippen LogP contribution in [0.15, 0.2) is 30.5 Å². The molecule has 0 radical (unpaired) electrons. The third-order valence-electron chi connectivity index (χ3n) is 3.10. The van der Waals surface area contributed by atoms with Crippen molar-refractivity contribution in [3.8, 4) is 5.75 Å². The monoisotopic (exact) mass is 279 g/mol. The van der Waals surface area contributed by atoms with Crippen LogP contribution < -0.4 is 10.1 Å². The second-order valence-corrected chi connectivity index (χ2v) is 4.85. The summed E-state index contributed by atoms with van der Waals surface area (Å²) in [6.45, 7) is 0. The lowest BCUT2D eigenvalue weighted by molar-refractivity contribution is 0.401. The van der Waals surface area contributed by atoms with Gasteiger partial charge in [-0.05, 0) is 31.3 Å². The van der Waals surface area contributed by atoms with Gasteiger partial charge in [-0.3, -0.25) is 4.68 Å². The van der Waals surface area contributed by atoms with Gasteiger partial charge in [0, 0.05) is 36.3 Å². The molecule has 1 aromatic heterocycles. The second-order valence-electron chi connectivity index (χ2n) is 4.41. The van der Waals surface area contributed by atoms with Crippen LogP contribution in [0.2, 0.25) is 5.02 Å². The number of methoxy groups -OCH3 is 1. The maximum absolute atomic E-state index is 6.08. The quantitative estimate of drug-likeness (QED) is 0.914. The van der Waals surface area contributed by atoms with E-state index in [0.29, 0.717) is 5.02 Å². The lowest BCUT2D eigenvalue weighted by Crippen LogP contribution is -2.20. The first kappa shape index (κ1) is 13.9. The molecule has 0 amide bonds. The van der Waals surface area contributed by atoms with E-state index >= 15 is 0 Å². The fourth-order valence-corrected chi connectivity index (χ4v) is 2.31. The smallest absolute Gasteiger partial charge is 0.123 e. The van der Waals surface area contributed by atoms with Gasteiger partial charge < -0.3 is 10.1 Å². The van der Waals surface area contributed by atoms with Crippen molar-refractivity contribution in [1.29, 1.82) is 0 Å². The Balaban J connectivity index is 2.28. The zero-order valence-electron chi connectivity index (χ0n) is 11.4. The molecule has 19 heavy (non-hydrogen) atoms. The van der Waals surface area contributed by atoms with Gasteiger partial charge in [-0.25, -0.2) is 0 Å². The first-order chi connectivity index (χ1) is 9.13. The summed E-state index contributed by atoms with van der Waals surface area (Å²) in [6, 6.07) is 7.78. The van der Waals surface area contributed by atoms with Gasteiger partial charge in [-0.1, -0.05) is 11.6 Å². The normalized spacial score (nSPS) is 12.4. The number of rotatable bonds is 5. The summed E-state index contributed by atoms with van der Waals surface area (Å²) in [5.41, 5.74) is 2.08. The van der Waals surface area contributed by atoms with E-state index < -0.39 is 0 Å². The average Bonchev–Trinajstić information content (AvgIpc) is 2.81. The molecule has 5 heteroatoms. The highest BCUT2D eigenvalue weighted by Gasteiger charge is 2.16. The van der Waals surface area contributed by atoms with Crippen LogP contribution in [-0.4, -0.2) is 23.9 Å². The van der Waals surface area contributed by atoms with E-state index in [1.807, 2.05) is 44.6 Å². The number of hydrogen-bond donors (Lipinski definition) is 1. The average molecular weight is 280 g/mol. The topological polar surface area (TPSA) is 39.1 Å². The van der Waals surface area contributed by atoms with Gasteiger partial charge in [0.15, 0.2) is 0 Å². The largest absolute Gasteiger partial charge is 0.496 e. The summed E-state index contributed by atoms with van der Waals surface area (Å²) in [4.78, 5) is 0. The SMILES string of the molecule is CNC(Cc1ccn(C)n1)c1cc(Cl)ccc1OC. The van der Waals surface area contributed by atoms with E-state index in [4.69, 9.17) is 16.3 Å². The summed E-state index contributed by atoms with van der Waals surface area (Å²) in [5.74, 6) is 0.833. The van der Waals surface area contributed by atoms with E-state index in [9.17, 15) is 0 Å². The number of aryl methyl sites for hydroxylation is 1. The lowest BCUT2D eigenvalue weighted by Gasteiger charge is -2.18. The highest BCUT2D eigenvalue weighted by Crippen LogP contribution is 2.29. The zero-order chi connectivity index (χ0) is 13.8. The minimum absolute atomic E-state index is 0.114. The van der Waals surface area contributed by atoms with E-state index in [0.717, 1.165) is 23.4 Å². The van der Waals surface area contributed by atoms with Crippen LogP contribution in [0.4, 0.5) is 0 Å². The summed E-state index contributed by atoms with van der Waals surface area (Å²) in [7, 11) is 5.51. The number of hydrogen-bond acceptors (Lipinski definition) is 3. The van der Waals surface area contributed by atoms with Crippen LogP contribution in [0.1, 0.15) is 17.3 Å². The predicted molar refractivity (Wildman–Crippen MR) is 76.7 cm³/mol. The van der Waals surface area contributed by atoms with Crippen LogP contribution in [0.3, 0.4) is 0 Å². The molecule has 0 aliphatic rings. The van der Waals surface area contributed by atoms with Gasteiger partial charge in [-0.15, -0.1) is 0 Å². The minimum Gasteiger partial charge on any atom is -0.496 e. The van der Waals surface area contributed by atoms with Crippen LogP contribution in [-0.2, 0) is 13.5 Å². The highest BCUT2D eigenvalue weighted by molar-refractivity contribution is 6.30. The third-order valence-corrected chi connectivity index (χ3v) is 3.33.